The molecule has 0 radical (unpaired) electrons. The van der Waals surface area contributed by atoms with Crippen molar-refractivity contribution in [3.63, 3.8) is 0 Å². The molecule has 0 aromatic carbocycles. The van der Waals surface area contributed by atoms with E-state index < -0.39 is 5.51 Å². The maximum Gasteiger partial charge on any atom is 0.441 e. The quantitative estimate of drug-likeness (QED) is 0.734. The molecular weight excluding hydrogens is 223 g/mol. The van der Waals surface area contributed by atoms with Gasteiger partial charge in [0.05, 0.1) is 0 Å². The van der Waals surface area contributed by atoms with E-state index >= 15 is 0 Å². The van der Waals surface area contributed by atoms with Gasteiger partial charge in [-0.15, -0.1) is 0 Å². The Labute approximate surface area is 94.2 Å². The molecule has 0 aromatic rings. The molecule has 0 aliphatic carbocycles. The van der Waals surface area contributed by atoms with Crippen LogP contribution in [0.4, 0.5) is 13.2 Å². The highest BCUT2D eigenvalue weighted by Crippen LogP contribution is 2.31. The topological polar surface area (TPSA) is 12.0 Å². The van der Waals surface area contributed by atoms with Crippen molar-refractivity contribution in [2.24, 2.45) is 11.8 Å². The van der Waals surface area contributed by atoms with Crippen LogP contribution in [0.1, 0.15) is 27.2 Å². The SMILES string of the molecule is CCNCC(C)C(C)CCSC(F)(F)F. The lowest BCUT2D eigenvalue weighted by Crippen LogP contribution is -2.25. The standard InChI is InChI=1S/C10H20F3NS/c1-4-14-7-9(3)8(2)5-6-15-10(11,12)13/h8-9,14H,4-7H2,1-3H3. The minimum absolute atomic E-state index is 0.0827. The van der Waals surface area contributed by atoms with Crippen molar-refractivity contribution < 1.29 is 13.2 Å². The summed E-state index contributed by atoms with van der Waals surface area (Å²) in [6, 6.07) is 0. The van der Waals surface area contributed by atoms with Crippen molar-refractivity contribution in [1.29, 1.82) is 0 Å². The third-order valence-electron chi connectivity index (χ3n) is 2.53. The zero-order chi connectivity index (χ0) is 11.9. The van der Waals surface area contributed by atoms with E-state index in [1.54, 1.807) is 0 Å². The highest BCUT2D eigenvalue weighted by Gasteiger charge is 2.28. The van der Waals surface area contributed by atoms with Gasteiger partial charge >= 0.3 is 5.51 Å². The summed E-state index contributed by atoms with van der Waals surface area (Å²) in [5.74, 6) is 0.930. The third-order valence-corrected chi connectivity index (χ3v) is 3.29. The summed E-state index contributed by atoms with van der Waals surface area (Å²) >= 11 is 0.0827. The van der Waals surface area contributed by atoms with E-state index in [-0.39, 0.29) is 17.5 Å². The summed E-state index contributed by atoms with van der Waals surface area (Å²) < 4.78 is 35.6. The average molecular weight is 243 g/mol. The van der Waals surface area contributed by atoms with E-state index in [9.17, 15) is 13.2 Å². The highest BCUT2D eigenvalue weighted by atomic mass is 32.2. The highest BCUT2D eigenvalue weighted by molar-refractivity contribution is 8.00. The zero-order valence-corrected chi connectivity index (χ0v) is 10.3. The van der Waals surface area contributed by atoms with Crippen molar-refractivity contribution in [1.82, 2.24) is 5.32 Å². The number of hydrogen-bond acceptors (Lipinski definition) is 2. The summed E-state index contributed by atoms with van der Waals surface area (Å²) in [4.78, 5) is 0. The molecule has 15 heavy (non-hydrogen) atoms. The number of alkyl halides is 3. The lowest BCUT2D eigenvalue weighted by Gasteiger charge is -2.20. The Morgan fingerprint density at radius 1 is 1.20 bits per heavy atom. The molecule has 0 saturated heterocycles. The molecule has 1 nitrogen and oxygen atoms in total. The van der Waals surface area contributed by atoms with Gasteiger partial charge < -0.3 is 5.32 Å². The van der Waals surface area contributed by atoms with Crippen molar-refractivity contribution in [2.75, 3.05) is 18.8 Å². The summed E-state index contributed by atoms with van der Waals surface area (Å²) in [6.45, 7) is 7.91. The maximum absolute atomic E-state index is 11.9. The normalized spacial score (nSPS) is 16.4. The van der Waals surface area contributed by atoms with Gasteiger partial charge in [-0.05, 0) is 31.3 Å². The molecule has 0 aliphatic rings. The van der Waals surface area contributed by atoms with Crippen molar-refractivity contribution in [3.05, 3.63) is 0 Å². The second-order valence-corrected chi connectivity index (χ2v) is 5.00. The first-order chi connectivity index (χ1) is 6.87. The van der Waals surface area contributed by atoms with Crippen molar-refractivity contribution >= 4 is 11.8 Å². The minimum Gasteiger partial charge on any atom is -0.317 e. The molecule has 1 N–H and O–H groups in total. The Hall–Kier alpha value is 0.100. The summed E-state index contributed by atoms with van der Waals surface area (Å²) in [5.41, 5.74) is -4.08. The number of nitrogens with one attached hydrogen (secondary N) is 1. The maximum atomic E-state index is 11.9. The van der Waals surface area contributed by atoms with Gasteiger partial charge in [-0.2, -0.15) is 13.2 Å². The van der Waals surface area contributed by atoms with Crippen LogP contribution in [0.2, 0.25) is 0 Å². The lowest BCUT2D eigenvalue weighted by molar-refractivity contribution is -0.0328. The molecule has 5 heteroatoms. The predicted molar refractivity (Wildman–Crippen MR) is 60.0 cm³/mol. The minimum atomic E-state index is -4.08. The van der Waals surface area contributed by atoms with E-state index in [2.05, 4.69) is 12.2 Å². The molecule has 0 rings (SSSR count). The number of halogens is 3. The van der Waals surface area contributed by atoms with E-state index in [0.717, 1.165) is 13.1 Å². The number of thioether (sulfide) groups is 1. The lowest BCUT2D eigenvalue weighted by atomic mass is 9.93. The van der Waals surface area contributed by atoms with Crippen LogP contribution >= 0.6 is 11.8 Å². The molecule has 2 unspecified atom stereocenters. The van der Waals surface area contributed by atoms with Crippen LogP contribution in [0.15, 0.2) is 0 Å². The molecule has 0 spiro atoms. The first-order valence-corrected chi connectivity index (χ1v) is 6.26. The second-order valence-electron chi connectivity index (χ2n) is 3.85. The smallest absolute Gasteiger partial charge is 0.317 e. The average Bonchev–Trinajstić information content (AvgIpc) is 2.11. The molecule has 2 atom stereocenters. The van der Waals surface area contributed by atoms with Crippen LogP contribution in [0.25, 0.3) is 0 Å². The van der Waals surface area contributed by atoms with E-state index in [4.69, 9.17) is 0 Å². The van der Waals surface area contributed by atoms with Gasteiger partial charge in [0.15, 0.2) is 0 Å². The summed E-state index contributed by atoms with van der Waals surface area (Å²) in [7, 11) is 0. The molecule has 0 bridgehead atoms. The number of rotatable bonds is 7. The summed E-state index contributed by atoms with van der Waals surface area (Å²) in [5, 5.41) is 3.21. The van der Waals surface area contributed by atoms with Crippen LogP contribution in [0.5, 0.6) is 0 Å². The van der Waals surface area contributed by atoms with E-state index in [1.807, 2.05) is 13.8 Å². The van der Waals surface area contributed by atoms with Crippen LogP contribution < -0.4 is 5.32 Å². The molecule has 0 amide bonds. The fourth-order valence-corrected chi connectivity index (χ4v) is 1.94. The van der Waals surface area contributed by atoms with E-state index in [1.165, 1.54) is 0 Å². The molecule has 92 valence electrons. The van der Waals surface area contributed by atoms with Crippen molar-refractivity contribution in [3.8, 4) is 0 Å². The van der Waals surface area contributed by atoms with Crippen LogP contribution in [0, 0.1) is 11.8 Å². The van der Waals surface area contributed by atoms with Crippen LogP contribution in [-0.4, -0.2) is 24.4 Å². The van der Waals surface area contributed by atoms with Gasteiger partial charge in [0.2, 0.25) is 0 Å². The third kappa shape index (κ3) is 9.05. The van der Waals surface area contributed by atoms with Gasteiger partial charge in [0.25, 0.3) is 0 Å². The van der Waals surface area contributed by atoms with Gasteiger partial charge in [0.1, 0.15) is 0 Å². The van der Waals surface area contributed by atoms with Gasteiger partial charge in [-0.1, -0.05) is 32.5 Å². The Morgan fingerprint density at radius 2 is 1.80 bits per heavy atom. The summed E-state index contributed by atoms with van der Waals surface area (Å²) in [6.07, 6.45) is 0.622. The molecule has 0 aliphatic heterocycles. The zero-order valence-electron chi connectivity index (χ0n) is 9.53. The molecule has 0 aromatic heterocycles. The van der Waals surface area contributed by atoms with E-state index in [0.29, 0.717) is 18.3 Å². The first kappa shape index (κ1) is 15.1. The fourth-order valence-electron chi connectivity index (χ4n) is 1.22. The molecule has 0 fully saturated rings. The molecule has 0 heterocycles. The predicted octanol–water partition coefficient (Wildman–Crippen LogP) is 3.51. The monoisotopic (exact) mass is 243 g/mol. The molecule has 0 saturated carbocycles. The fraction of sp³-hybridized carbons (Fsp3) is 1.00. The van der Waals surface area contributed by atoms with Crippen molar-refractivity contribution in [2.45, 2.75) is 32.7 Å². The van der Waals surface area contributed by atoms with Crippen LogP contribution in [0.3, 0.4) is 0 Å². The largest absolute Gasteiger partial charge is 0.441 e. The Morgan fingerprint density at radius 3 is 2.27 bits per heavy atom. The van der Waals surface area contributed by atoms with Crippen LogP contribution in [-0.2, 0) is 0 Å². The number of hydrogen-bond donors (Lipinski definition) is 1. The Balaban J connectivity index is 3.59. The Bertz CT molecular complexity index is 161. The van der Waals surface area contributed by atoms with Gasteiger partial charge in [0, 0.05) is 5.75 Å². The van der Waals surface area contributed by atoms with Gasteiger partial charge in [-0.3, -0.25) is 0 Å². The first-order valence-electron chi connectivity index (χ1n) is 5.28. The second kappa shape index (κ2) is 7.39. The van der Waals surface area contributed by atoms with Gasteiger partial charge in [-0.25, -0.2) is 0 Å². The molecular formula is C10H20F3NS. The Kier molecular flexibility index (Phi) is 7.44.